The summed E-state index contributed by atoms with van der Waals surface area (Å²) in [5.74, 6) is -0.937. The maximum Gasteiger partial charge on any atom is 0.223 e. The minimum absolute atomic E-state index is 0.0861. The number of amides is 2. The Kier molecular flexibility index (Phi) is 2.87. The van der Waals surface area contributed by atoms with Gasteiger partial charge in [-0.15, -0.1) is 0 Å². The molecule has 1 aliphatic heterocycles. The number of rotatable bonds is 3. The first kappa shape index (κ1) is 9.98. The zero-order chi connectivity index (χ0) is 10.0. The number of nitrogens with two attached hydrogens (primary N) is 1. The van der Waals surface area contributed by atoms with Crippen molar-refractivity contribution in [3.8, 4) is 0 Å². The molecule has 2 amide bonds. The molecule has 1 saturated heterocycles. The Balaban J connectivity index is 2.61. The summed E-state index contributed by atoms with van der Waals surface area (Å²) in [5.41, 5.74) is 5.08. The maximum absolute atomic E-state index is 11.3. The molecule has 1 unspecified atom stereocenters. The summed E-state index contributed by atoms with van der Waals surface area (Å²) in [6.45, 7) is 1.99. The highest BCUT2D eigenvalue weighted by molar-refractivity contribution is 5.88. The van der Waals surface area contributed by atoms with Crippen molar-refractivity contribution >= 4 is 11.8 Å². The molecule has 1 heterocycles. The van der Waals surface area contributed by atoms with Crippen molar-refractivity contribution < 1.29 is 14.7 Å². The van der Waals surface area contributed by atoms with E-state index in [0.29, 0.717) is 6.54 Å². The number of nitrogens with zero attached hydrogens (tertiary/aromatic N) is 1. The molecule has 3 N–H and O–H groups in total. The summed E-state index contributed by atoms with van der Waals surface area (Å²) in [7, 11) is 0. The molecule has 5 heteroatoms. The van der Waals surface area contributed by atoms with Gasteiger partial charge in [-0.05, 0) is 6.92 Å². The molecule has 2 atom stereocenters. The molecular formula is C8H14N2O3. The molecule has 13 heavy (non-hydrogen) atoms. The van der Waals surface area contributed by atoms with E-state index in [1.54, 1.807) is 6.92 Å². The van der Waals surface area contributed by atoms with E-state index in [4.69, 9.17) is 10.8 Å². The minimum atomic E-state index is -0.444. The van der Waals surface area contributed by atoms with Crippen LogP contribution in [0.4, 0.5) is 0 Å². The zero-order valence-electron chi connectivity index (χ0n) is 7.56. The molecule has 0 aromatic carbocycles. The standard InChI is InChI=1S/C8H14N2O3/c1-5(4-11)10-3-6(8(9)13)2-7(10)12/h5-6,11H,2-4H2,1H3,(H2,9,13)/t5-,6?/m0/s1. The van der Waals surface area contributed by atoms with Gasteiger partial charge in [0, 0.05) is 13.0 Å². The van der Waals surface area contributed by atoms with Gasteiger partial charge >= 0.3 is 0 Å². The van der Waals surface area contributed by atoms with Gasteiger partial charge in [0.2, 0.25) is 11.8 Å². The van der Waals surface area contributed by atoms with Crippen molar-refractivity contribution in [3.05, 3.63) is 0 Å². The highest BCUT2D eigenvalue weighted by Crippen LogP contribution is 2.19. The molecular weight excluding hydrogens is 172 g/mol. The lowest BCUT2D eigenvalue weighted by atomic mass is 10.1. The van der Waals surface area contributed by atoms with Crippen LogP contribution in [0.5, 0.6) is 0 Å². The van der Waals surface area contributed by atoms with Crippen molar-refractivity contribution in [2.45, 2.75) is 19.4 Å². The molecule has 0 aromatic heterocycles. The van der Waals surface area contributed by atoms with Crippen LogP contribution in [-0.4, -0.2) is 41.0 Å². The third kappa shape index (κ3) is 1.98. The number of carbonyl (C=O) groups is 2. The number of aliphatic hydroxyl groups is 1. The quantitative estimate of drug-likeness (QED) is 0.574. The van der Waals surface area contributed by atoms with Crippen LogP contribution in [0, 0.1) is 5.92 Å². The first-order valence-electron chi connectivity index (χ1n) is 4.26. The van der Waals surface area contributed by atoms with E-state index < -0.39 is 5.91 Å². The Hall–Kier alpha value is -1.10. The third-order valence-corrected chi connectivity index (χ3v) is 2.36. The van der Waals surface area contributed by atoms with Crippen LogP contribution in [0.15, 0.2) is 0 Å². The molecule has 0 aliphatic carbocycles. The average Bonchev–Trinajstić information content (AvgIpc) is 2.46. The Bertz CT molecular complexity index is 229. The van der Waals surface area contributed by atoms with E-state index in [2.05, 4.69) is 0 Å². The van der Waals surface area contributed by atoms with E-state index in [9.17, 15) is 9.59 Å². The lowest BCUT2D eigenvalue weighted by Crippen LogP contribution is -2.37. The summed E-state index contributed by atoms with van der Waals surface area (Å²) in [5, 5.41) is 8.83. The van der Waals surface area contributed by atoms with Gasteiger partial charge in [0.1, 0.15) is 0 Å². The molecule has 5 nitrogen and oxygen atoms in total. The van der Waals surface area contributed by atoms with Crippen LogP contribution < -0.4 is 5.73 Å². The summed E-state index contributed by atoms with van der Waals surface area (Å²) in [4.78, 5) is 23.6. The highest BCUT2D eigenvalue weighted by atomic mass is 16.3. The largest absolute Gasteiger partial charge is 0.394 e. The van der Waals surface area contributed by atoms with Crippen LogP contribution >= 0.6 is 0 Å². The number of primary amides is 1. The van der Waals surface area contributed by atoms with Gasteiger partial charge < -0.3 is 15.7 Å². The van der Waals surface area contributed by atoms with Gasteiger partial charge in [0.25, 0.3) is 0 Å². The predicted molar refractivity (Wildman–Crippen MR) is 45.6 cm³/mol. The molecule has 74 valence electrons. The number of hydrogen-bond acceptors (Lipinski definition) is 3. The topological polar surface area (TPSA) is 83.6 Å². The van der Waals surface area contributed by atoms with Gasteiger partial charge in [-0.25, -0.2) is 0 Å². The molecule has 0 saturated carbocycles. The van der Waals surface area contributed by atoms with Crippen molar-refractivity contribution in [1.82, 2.24) is 4.90 Å². The number of aliphatic hydroxyl groups excluding tert-OH is 1. The fraction of sp³-hybridized carbons (Fsp3) is 0.750. The average molecular weight is 186 g/mol. The molecule has 0 aromatic rings. The van der Waals surface area contributed by atoms with Gasteiger partial charge in [0.15, 0.2) is 0 Å². The van der Waals surface area contributed by atoms with Gasteiger partial charge in [-0.3, -0.25) is 9.59 Å². The van der Waals surface area contributed by atoms with Crippen LogP contribution in [-0.2, 0) is 9.59 Å². The summed E-state index contributed by atoms with van der Waals surface area (Å²) < 4.78 is 0. The Morgan fingerprint density at radius 1 is 1.85 bits per heavy atom. The summed E-state index contributed by atoms with van der Waals surface area (Å²) in [6.07, 6.45) is 0.180. The Labute approximate surface area is 76.5 Å². The predicted octanol–water partition coefficient (Wildman–Crippen LogP) is -1.30. The molecule has 1 aliphatic rings. The van der Waals surface area contributed by atoms with Crippen LogP contribution in [0.1, 0.15) is 13.3 Å². The van der Waals surface area contributed by atoms with Crippen molar-refractivity contribution in [2.24, 2.45) is 11.7 Å². The van der Waals surface area contributed by atoms with E-state index in [1.165, 1.54) is 4.90 Å². The van der Waals surface area contributed by atoms with Gasteiger partial charge in [-0.2, -0.15) is 0 Å². The fourth-order valence-electron chi connectivity index (χ4n) is 1.45. The number of carbonyl (C=O) groups excluding carboxylic acids is 2. The SMILES string of the molecule is C[C@@H](CO)N1CC(C(N)=O)CC1=O. The van der Waals surface area contributed by atoms with Crippen molar-refractivity contribution in [2.75, 3.05) is 13.2 Å². The fourth-order valence-corrected chi connectivity index (χ4v) is 1.45. The lowest BCUT2D eigenvalue weighted by Gasteiger charge is -2.22. The van der Waals surface area contributed by atoms with E-state index >= 15 is 0 Å². The van der Waals surface area contributed by atoms with E-state index in [-0.39, 0.29) is 30.9 Å². The highest BCUT2D eigenvalue weighted by Gasteiger charge is 2.35. The second kappa shape index (κ2) is 3.74. The first-order valence-corrected chi connectivity index (χ1v) is 4.26. The van der Waals surface area contributed by atoms with Crippen molar-refractivity contribution in [1.29, 1.82) is 0 Å². The zero-order valence-corrected chi connectivity index (χ0v) is 7.56. The lowest BCUT2D eigenvalue weighted by molar-refractivity contribution is -0.130. The number of likely N-dealkylation sites (tertiary alicyclic amines) is 1. The van der Waals surface area contributed by atoms with Crippen molar-refractivity contribution in [3.63, 3.8) is 0 Å². The Morgan fingerprint density at radius 2 is 2.46 bits per heavy atom. The van der Waals surface area contributed by atoms with Crippen LogP contribution in [0.2, 0.25) is 0 Å². The first-order chi connectivity index (χ1) is 6.06. The van der Waals surface area contributed by atoms with Gasteiger partial charge in [-0.1, -0.05) is 0 Å². The Morgan fingerprint density at radius 3 is 2.85 bits per heavy atom. The second-order valence-corrected chi connectivity index (χ2v) is 3.38. The van der Waals surface area contributed by atoms with Crippen LogP contribution in [0.25, 0.3) is 0 Å². The summed E-state index contributed by atoms with van der Waals surface area (Å²) >= 11 is 0. The minimum Gasteiger partial charge on any atom is -0.394 e. The van der Waals surface area contributed by atoms with Crippen LogP contribution in [0.3, 0.4) is 0 Å². The van der Waals surface area contributed by atoms with Gasteiger partial charge in [0.05, 0.1) is 18.6 Å². The second-order valence-electron chi connectivity index (χ2n) is 3.38. The normalized spacial score (nSPS) is 24.9. The smallest absolute Gasteiger partial charge is 0.223 e. The number of hydrogen-bond donors (Lipinski definition) is 2. The third-order valence-electron chi connectivity index (χ3n) is 2.36. The monoisotopic (exact) mass is 186 g/mol. The van der Waals surface area contributed by atoms with E-state index in [1.807, 2.05) is 0 Å². The molecule has 1 rings (SSSR count). The molecule has 0 spiro atoms. The molecule has 0 radical (unpaired) electrons. The molecule has 1 fully saturated rings. The molecule has 0 bridgehead atoms. The maximum atomic E-state index is 11.3. The summed E-state index contributed by atoms with van der Waals surface area (Å²) in [6, 6.07) is -0.225. The van der Waals surface area contributed by atoms with E-state index in [0.717, 1.165) is 0 Å².